The molecular weight excluding hydrogens is 256 g/mol. The lowest BCUT2D eigenvalue weighted by atomic mass is 10.00. The number of piperidine rings is 1. The molecule has 5 heteroatoms. The van der Waals surface area contributed by atoms with Crippen molar-refractivity contribution in [3.8, 4) is 5.75 Å². The summed E-state index contributed by atoms with van der Waals surface area (Å²) in [5.74, 6) is 0.524. The molecule has 1 aliphatic rings. The van der Waals surface area contributed by atoms with Crippen LogP contribution in [0.2, 0.25) is 0 Å². The minimum absolute atomic E-state index is 0.0911. The van der Waals surface area contributed by atoms with E-state index < -0.39 is 0 Å². The van der Waals surface area contributed by atoms with Crippen LogP contribution in [-0.2, 0) is 4.79 Å². The molecular formula is C15H20N2O3. The number of hydrogen-bond acceptors (Lipinski definition) is 3. The topological polar surface area (TPSA) is 58.6 Å². The highest BCUT2D eigenvalue weighted by Crippen LogP contribution is 2.21. The van der Waals surface area contributed by atoms with Crippen LogP contribution in [0.3, 0.4) is 0 Å². The first kappa shape index (κ1) is 14.4. The first-order chi connectivity index (χ1) is 9.67. The van der Waals surface area contributed by atoms with E-state index in [9.17, 15) is 9.59 Å². The summed E-state index contributed by atoms with van der Waals surface area (Å²) in [4.78, 5) is 26.1. The lowest BCUT2D eigenvalue weighted by Crippen LogP contribution is -2.51. The first-order valence-electron chi connectivity index (χ1n) is 6.84. The van der Waals surface area contributed by atoms with Crippen molar-refractivity contribution in [2.45, 2.75) is 25.3 Å². The van der Waals surface area contributed by atoms with Crippen molar-refractivity contribution >= 4 is 11.8 Å². The van der Waals surface area contributed by atoms with Crippen molar-refractivity contribution < 1.29 is 14.3 Å². The SMILES string of the molecule is CNC(=O)C1CCCCN1C(=O)c1ccc(OC)cc1. The van der Waals surface area contributed by atoms with Gasteiger partial charge in [0.25, 0.3) is 5.91 Å². The van der Waals surface area contributed by atoms with Gasteiger partial charge in [-0.15, -0.1) is 0 Å². The molecule has 2 rings (SSSR count). The fourth-order valence-electron chi connectivity index (χ4n) is 2.51. The van der Waals surface area contributed by atoms with Gasteiger partial charge in [0, 0.05) is 19.2 Å². The summed E-state index contributed by atoms with van der Waals surface area (Å²) in [6, 6.07) is 6.62. The van der Waals surface area contributed by atoms with Gasteiger partial charge >= 0.3 is 0 Å². The Morgan fingerprint density at radius 3 is 2.55 bits per heavy atom. The third kappa shape index (κ3) is 2.92. The molecule has 0 spiro atoms. The second-order valence-corrected chi connectivity index (χ2v) is 4.85. The molecule has 1 N–H and O–H groups in total. The Balaban J connectivity index is 2.18. The summed E-state index contributed by atoms with van der Waals surface area (Å²) in [6.45, 7) is 0.628. The molecule has 5 nitrogen and oxygen atoms in total. The van der Waals surface area contributed by atoms with Crippen molar-refractivity contribution in [1.29, 1.82) is 0 Å². The zero-order valence-corrected chi connectivity index (χ0v) is 11.9. The third-order valence-electron chi connectivity index (χ3n) is 3.65. The Kier molecular flexibility index (Phi) is 4.61. The summed E-state index contributed by atoms with van der Waals surface area (Å²) < 4.78 is 5.08. The van der Waals surface area contributed by atoms with E-state index in [1.165, 1.54) is 0 Å². The van der Waals surface area contributed by atoms with Gasteiger partial charge in [-0.25, -0.2) is 0 Å². The van der Waals surface area contributed by atoms with E-state index in [1.807, 2.05) is 0 Å². The molecule has 1 fully saturated rings. The molecule has 0 bridgehead atoms. The molecule has 0 radical (unpaired) electrons. The number of rotatable bonds is 3. The van der Waals surface area contributed by atoms with Crippen LogP contribution >= 0.6 is 0 Å². The van der Waals surface area contributed by atoms with Crippen LogP contribution in [0.5, 0.6) is 5.75 Å². The standard InChI is InChI=1S/C15H20N2O3/c1-16-14(18)13-5-3-4-10-17(13)15(19)11-6-8-12(20-2)9-7-11/h6-9,13H,3-5,10H2,1-2H3,(H,16,18). The largest absolute Gasteiger partial charge is 0.497 e. The Morgan fingerprint density at radius 1 is 1.25 bits per heavy atom. The minimum Gasteiger partial charge on any atom is -0.497 e. The van der Waals surface area contributed by atoms with Gasteiger partial charge in [-0.1, -0.05) is 0 Å². The Hall–Kier alpha value is -2.04. The number of nitrogens with one attached hydrogen (secondary N) is 1. The molecule has 108 valence electrons. The van der Waals surface area contributed by atoms with E-state index >= 15 is 0 Å². The molecule has 1 aromatic carbocycles. The molecule has 0 aliphatic carbocycles. The van der Waals surface area contributed by atoms with E-state index in [0.29, 0.717) is 17.9 Å². The predicted molar refractivity (Wildman–Crippen MR) is 75.7 cm³/mol. The lowest BCUT2D eigenvalue weighted by molar-refractivity contribution is -0.126. The zero-order chi connectivity index (χ0) is 14.5. The van der Waals surface area contributed by atoms with Crippen LogP contribution < -0.4 is 10.1 Å². The summed E-state index contributed by atoms with van der Waals surface area (Å²) in [6.07, 6.45) is 2.64. The number of benzene rings is 1. The molecule has 0 aromatic heterocycles. The molecule has 2 amide bonds. The van der Waals surface area contributed by atoms with Crippen molar-refractivity contribution in [3.05, 3.63) is 29.8 Å². The summed E-state index contributed by atoms with van der Waals surface area (Å²) in [7, 11) is 3.19. The molecule has 1 atom stereocenters. The third-order valence-corrected chi connectivity index (χ3v) is 3.65. The van der Waals surface area contributed by atoms with Gasteiger partial charge in [0.1, 0.15) is 11.8 Å². The normalized spacial score (nSPS) is 18.5. The van der Waals surface area contributed by atoms with Crippen LogP contribution in [-0.4, -0.2) is 43.5 Å². The van der Waals surface area contributed by atoms with E-state index in [4.69, 9.17) is 4.74 Å². The average molecular weight is 276 g/mol. The minimum atomic E-state index is -0.358. The number of nitrogens with zero attached hydrogens (tertiary/aromatic N) is 1. The van der Waals surface area contributed by atoms with Crippen molar-refractivity contribution in [1.82, 2.24) is 10.2 Å². The zero-order valence-electron chi connectivity index (χ0n) is 11.9. The second-order valence-electron chi connectivity index (χ2n) is 4.85. The Bertz CT molecular complexity index is 484. The molecule has 20 heavy (non-hydrogen) atoms. The van der Waals surface area contributed by atoms with E-state index in [2.05, 4.69) is 5.32 Å². The number of likely N-dealkylation sites (N-methyl/N-ethyl adjacent to an activating group) is 1. The highest BCUT2D eigenvalue weighted by molar-refractivity contribution is 5.97. The molecule has 1 saturated heterocycles. The van der Waals surface area contributed by atoms with E-state index in [1.54, 1.807) is 43.3 Å². The molecule has 1 aliphatic heterocycles. The number of methoxy groups -OCH3 is 1. The van der Waals surface area contributed by atoms with Crippen LogP contribution in [0.1, 0.15) is 29.6 Å². The number of hydrogen-bond donors (Lipinski definition) is 1. The van der Waals surface area contributed by atoms with Crippen LogP contribution in [0, 0.1) is 0 Å². The van der Waals surface area contributed by atoms with Gasteiger partial charge < -0.3 is 15.0 Å². The van der Waals surface area contributed by atoms with Crippen molar-refractivity contribution in [2.75, 3.05) is 20.7 Å². The monoisotopic (exact) mass is 276 g/mol. The first-order valence-corrected chi connectivity index (χ1v) is 6.84. The van der Waals surface area contributed by atoms with Crippen LogP contribution in [0.25, 0.3) is 0 Å². The summed E-state index contributed by atoms with van der Waals surface area (Å²) >= 11 is 0. The quantitative estimate of drug-likeness (QED) is 0.908. The number of likely N-dealkylation sites (tertiary alicyclic amines) is 1. The molecule has 1 unspecified atom stereocenters. The van der Waals surface area contributed by atoms with Gasteiger partial charge in [-0.05, 0) is 43.5 Å². The Labute approximate surface area is 118 Å². The maximum Gasteiger partial charge on any atom is 0.254 e. The predicted octanol–water partition coefficient (Wildman–Crippen LogP) is 1.44. The average Bonchev–Trinajstić information content (AvgIpc) is 2.53. The molecule has 0 saturated carbocycles. The van der Waals surface area contributed by atoms with Crippen LogP contribution in [0.15, 0.2) is 24.3 Å². The smallest absolute Gasteiger partial charge is 0.254 e. The second kappa shape index (κ2) is 6.41. The maximum atomic E-state index is 12.5. The van der Waals surface area contributed by atoms with Gasteiger partial charge in [0.15, 0.2) is 0 Å². The van der Waals surface area contributed by atoms with Crippen molar-refractivity contribution in [3.63, 3.8) is 0 Å². The van der Waals surface area contributed by atoms with Gasteiger partial charge in [-0.2, -0.15) is 0 Å². The highest BCUT2D eigenvalue weighted by atomic mass is 16.5. The Morgan fingerprint density at radius 2 is 1.95 bits per heavy atom. The number of ether oxygens (including phenoxy) is 1. The van der Waals surface area contributed by atoms with E-state index in [0.717, 1.165) is 19.3 Å². The van der Waals surface area contributed by atoms with Gasteiger partial charge in [0.2, 0.25) is 5.91 Å². The summed E-state index contributed by atoms with van der Waals surface area (Å²) in [5, 5.41) is 2.64. The number of carbonyl (C=O) groups is 2. The molecule has 1 heterocycles. The fourth-order valence-corrected chi connectivity index (χ4v) is 2.51. The van der Waals surface area contributed by atoms with Crippen LogP contribution in [0.4, 0.5) is 0 Å². The van der Waals surface area contributed by atoms with Crippen molar-refractivity contribution in [2.24, 2.45) is 0 Å². The number of carbonyl (C=O) groups excluding carboxylic acids is 2. The molecule has 1 aromatic rings. The fraction of sp³-hybridized carbons (Fsp3) is 0.467. The van der Waals surface area contributed by atoms with Gasteiger partial charge in [-0.3, -0.25) is 9.59 Å². The van der Waals surface area contributed by atoms with E-state index in [-0.39, 0.29) is 17.9 Å². The number of amides is 2. The highest BCUT2D eigenvalue weighted by Gasteiger charge is 2.31. The lowest BCUT2D eigenvalue weighted by Gasteiger charge is -2.34. The maximum absolute atomic E-state index is 12.5. The van der Waals surface area contributed by atoms with Gasteiger partial charge in [0.05, 0.1) is 7.11 Å². The summed E-state index contributed by atoms with van der Waals surface area (Å²) in [5.41, 5.74) is 0.585.